The fraction of sp³-hybridized carbons (Fsp3) is 0.500. The number of benzene rings is 1. The third-order valence-electron chi connectivity index (χ3n) is 3.82. The largest absolute Gasteiger partial charge is 0.390 e. The highest BCUT2D eigenvalue weighted by Crippen LogP contribution is 2.20. The van der Waals surface area contributed by atoms with Gasteiger partial charge in [-0.3, -0.25) is 9.69 Å². The van der Waals surface area contributed by atoms with Crippen molar-refractivity contribution < 1.29 is 9.90 Å². The maximum Gasteiger partial charge on any atom is 0.238 e. The quantitative estimate of drug-likeness (QED) is 0.880. The van der Waals surface area contributed by atoms with Gasteiger partial charge in [-0.25, -0.2) is 0 Å². The number of aliphatic hydroxyl groups is 1. The number of hydrogen-bond acceptors (Lipinski definition) is 4. The van der Waals surface area contributed by atoms with Gasteiger partial charge in [-0.15, -0.1) is 0 Å². The molecule has 1 aromatic rings. The molecule has 0 bridgehead atoms. The predicted octanol–water partition coefficient (Wildman–Crippen LogP) is 1.54. The highest BCUT2D eigenvalue weighted by atomic mass is 16.3. The van der Waals surface area contributed by atoms with Crippen molar-refractivity contribution in [2.24, 2.45) is 0 Å². The summed E-state index contributed by atoms with van der Waals surface area (Å²) in [5, 5.41) is 21.3. The van der Waals surface area contributed by atoms with E-state index in [1.54, 1.807) is 0 Å². The smallest absolute Gasteiger partial charge is 0.238 e. The lowest BCUT2D eigenvalue weighted by atomic mass is 9.94. The molecule has 5 heteroatoms. The third-order valence-corrected chi connectivity index (χ3v) is 3.82. The second-order valence-electron chi connectivity index (χ2n) is 5.85. The Morgan fingerprint density at radius 2 is 2.00 bits per heavy atom. The molecule has 0 spiro atoms. The molecular weight excluding hydrogens is 266 g/mol. The fourth-order valence-electron chi connectivity index (χ4n) is 2.39. The van der Waals surface area contributed by atoms with E-state index in [0.717, 1.165) is 24.3 Å². The molecule has 1 amide bonds. The van der Waals surface area contributed by atoms with Crippen LogP contribution in [0.25, 0.3) is 0 Å². The summed E-state index contributed by atoms with van der Waals surface area (Å²) < 4.78 is 0. The van der Waals surface area contributed by atoms with Crippen LogP contribution in [0.2, 0.25) is 0 Å². The first kappa shape index (κ1) is 15.5. The van der Waals surface area contributed by atoms with Crippen molar-refractivity contribution in [3.05, 3.63) is 29.8 Å². The van der Waals surface area contributed by atoms with Crippen LogP contribution < -0.4 is 5.32 Å². The monoisotopic (exact) mass is 287 g/mol. The van der Waals surface area contributed by atoms with Crippen LogP contribution in [0.15, 0.2) is 24.3 Å². The number of carbonyl (C=O) groups excluding carboxylic acids is 1. The number of anilines is 1. The summed E-state index contributed by atoms with van der Waals surface area (Å²) in [6, 6.07) is 9.40. The maximum atomic E-state index is 12.0. The van der Waals surface area contributed by atoms with Crippen molar-refractivity contribution in [3.8, 4) is 6.07 Å². The Labute approximate surface area is 125 Å². The second-order valence-corrected chi connectivity index (χ2v) is 5.85. The summed E-state index contributed by atoms with van der Waals surface area (Å²) in [6.07, 6.45) is 1.77. The molecule has 2 rings (SSSR count). The minimum Gasteiger partial charge on any atom is -0.390 e. The highest BCUT2D eigenvalue weighted by Gasteiger charge is 2.27. The molecule has 0 radical (unpaired) electrons. The lowest BCUT2D eigenvalue weighted by molar-refractivity contribution is -0.118. The van der Waals surface area contributed by atoms with Crippen LogP contribution >= 0.6 is 0 Å². The lowest BCUT2D eigenvalue weighted by Crippen LogP contribution is -2.45. The van der Waals surface area contributed by atoms with Gasteiger partial charge in [-0.2, -0.15) is 5.26 Å². The molecule has 0 aliphatic carbocycles. The predicted molar refractivity (Wildman–Crippen MR) is 80.7 cm³/mol. The van der Waals surface area contributed by atoms with Crippen molar-refractivity contribution in [2.45, 2.75) is 31.8 Å². The van der Waals surface area contributed by atoms with Gasteiger partial charge in [-0.05, 0) is 37.5 Å². The van der Waals surface area contributed by atoms with E-state index in [4.69, 9.17) is 5.26 Å². The van der Waals surface area contributed by atoms with Crippen LogP contribution in [0.3, 0.4) is 0 Å². The number of likely N-dealkylation sites (tertiary alicyclic amines) is 1. The van der Waals surface area contributed by atoms with E-state index in [1.807, 2.05) is 31.2 Å². The minimum absolute atomic E-state index is 0.0513. The van der Waals surface area contributed by atoms with Gasteiger partial charge in [0.15, 0.2) is 0 Å². The molecule has 0 atom stereocenters. The molecule has 1 aromatic carbocycles. The standard InChI is InChI=1S/C16H21N3O2/c1-16(21)7-10-19(11-8-16)12-15(20)18-14-4-2-13(3-5-14)6-9-17/h2-5,21H,6-8,10-12H2,1H3,(H,18,20). The minimum atomic E-state index is -0.594. The van der Waals surface area contributed by atoms with Gasteiger partial charge < -0.3 is 10.4 Å². The van der Waals surface area contributed by atoms with Gasteiger partial charge >= 0.3 is 0 Å². The maximum absolute atomic E-state index is 12.0. The number of nitrogens with one attached hydrogen (secondary N) is 1. The van der Waals surface area contributed by atoms with Crippen molar-refractivity contribution in [1.29, 1.82) is 5.26 Å². The molecule has 1 aliphatic rings. The first-order valence-corrected chi connectivity index (χ1v) is 7.19. The van der Waals surface area contributed by atoms with Crippen LogP contribution in [-0.2, 0) is 11.2 Å². The molecule has 0 unspecified atom stereocenters. The molecule has 5 nitrogen and oxygen atoms in total. The zero-order valence-corrected chi connectivity index (χ0v) is 12.3. The molecule has 1 heterocycles. The molecule has 1 fully saturated rings. The molecule has 21 heavy (non-hydrogen) atoms. The van der Waals surface area contributed by atoms with Gasteiger partial charge in [0.2, 0.25) is 5.91 Å². The van der Waals surface area contributed by atoms with E-state index in [2.05, 4.69) is 16.3 Å². The summed E-state index contributed by atoms with van der Waals surface area (Å²) in [4.78, 5) is 14.0. The molecule has 112 valence electrons. The lowest BCUT2D eigenvalue weighted by Gasteiger charge is -2.35. The number of hydrogen-bond donors (Lipinski definition) is 2. The molecule has 2 N–H and O–H groups in total. The van der Waals surface area contributed by atoms with E-state index < -0.39 is 5.60 Å². The normalized spacial score (nSPS) is 18.0. The number of nitrogens with zero attached hydrogens (tertiary/aromatic N) is 2. The van der Waals surface area contributed by atoms with Crippen molar-refractivity contribution in [2.75, 3.05) is 25.0 Å². The van der Waals surface area contributed by atoms with Crippen molar-refractivity contribution in [1.82, 2.24) is 4.90 Å². The summed E-state index contributed by atoms with van der Waals surface area (Å²) in [5.74, 6) is -0.0513. The van der Waals surface area contributed by atoms with Gasteiger partial charge in [0.1, 0.15) is 0 Å². The van der Waals surface area contributed by atoms with Crippen LogP contribution in [0.1, 0.15) is 25.3 Å². The van der Waals surface area contributed by atoms with Gasteiger partial charge in [0.25, 0.3) is 0 Å². The second kappa shape index (κ2) is 6.70. The van der Waals surface area contributed by atoms with Gasteiger partial charge in [-0.1, -0.05) is 12.1 Å². The van der Waals surface area contributed by atoms with E-state index in [1.165, 1.54) is 0 Å². The Balaban J connectivity index is 1.81. The Bertz CT molecular complexity index is 521. The Kier molecular flexibility index (Phi) is 4.94. The van der Waals surface area contributed by atoms with E-state index in [-0.39, 0.29) is 5.91 Å². The first-order valence-electron chi connectivity index (χ1n) is 7.19. The Hall–Kier alpha value is -1.90. The van der Waals surface area contributed by atoms with Crippen molar-refractivity contribution >= 4 is 11.6 Å². The summed E-state index contributed by atoms with van der Waals surface area (Å²) >= 11 is 0. The van der Waals surface area contributed by atoms with Gasteiger partial charge in [0, 0.05) is 18.8 Å². The van der Waals surface area contributed by atoms with Crippen LogP contribution in [0.5, 0.6) is 0 Å². The number of nitriles is 1. The number of rotatable bonds is 4. The van der Waals surface area contributed by atoms with E-state index >= 15 is 0 Å². The summed E-state index contributed by atoms with van der Waals surface area (Å²) in [7, 11) is 0. The van der Waals surface area contributed by atoms with Crippen LogP contribution in [0, 0.1) is 11.3 Å². The molecule has 0 saturated carbocycles. The summed E-state index contributed by atoms with van der Waals surface area (Å²) in [6.45, 7) is 3.66. The third kappa shape index (κ3) is 4.85. The SMILES string of the molecule is CC1(O)CCN(CC(=O)Nc2ccc(CC#N)cc2)CC1. The Morgan fingerprint density at radius 3 is 2.57 bits per heavy atom. The zero-order chi connectivity index (χ0) is 15.3. The van der Waals surface area contributed by atoms with Crippen LogP contribution in [-0.4, -0.2) is 41.1 Å². The molecular formula is C16H21N3O2. The molecule has 0 aromatic heterocycles. The van der Waals surface area contributed by atoms with E-state index in [9.17, 15) is 9.90 Å². The van der Waals surface area contributed by atoms with Crippen molar-refractivity contribution in [3.63, 3.8) is 0 Å². The number of amides is 1. The first-order chi connectivity index (χ1) is 9.98. The van der Waals surface area contributed by atoms with E-state index in [0.29, 0.717) is 25.8 Å². The number of carbonyl (C=O) groups is 1. The number of piperidine rings is 1. The molecule has 1 aliphatic heterocycles. The average molecular weight is 287 g/mol. The topological polar surface area (TPSA) is 76.4 Å². The Morgan fingerprint density at radius 1 is 1.38 bits per heavy atom. The highest BCUT2D eigenvalue weighted by molar-refractivity contribution is 5.92. The fourth-order valence-corrected chi connectivity index (χ4v) is 2.39. The van der Waals surface area contributed by atoms with Crippen LogP contribution in [0.4, 0.5) is 5.69 Å². The zero-order valence-electron chi connectivity index (χ0n) is 12.3. The average Bonchev–Trinajstić information content (AvgIpc) is 2.44. The molecule has 1 saturated heterocycles. The van der Waals surface area contributed by atoms with Gasteiger partial charge in [0.05, 0.1) is 24.6 Å². The summed E-state index contributed by atoms with van der Waals surface area (Å²) in [5.41, 5.74) is 1.09.